The van der Waals surface area contributed by atoms with Crippen LogP contribution in [0.3, 0.4) is 0 Å². The Morgan fingerprint density at radius 2 is 1.79 bits per heavy atom. The van der Waals surface area contributed by atoms with Crippen LogP contribution in [0.5, 0.6) is 0 Å². The molecule has 2 rings (SSSR count). The van der Waals surface area contributed by atoms with Crippen molar-refractivity contribution in [1.82, 2.24) is 0 Å². The third-order valence-corrected chi connectivity index (χ3v) is 5.67. The van der Waals surface area contributed by atoms with E-state index in [1.807, 2.05) is 24.3 Å². The largest absolute Gasteiger partial charge is 0.481 e. The molecule has 0 aliphatic heterocycles. The molecule has 19 heavy (non-hydrogen) atoms. The summed E-state index contributed by atoms with van der Waals surface area (Å²) in [5.74, 6) is -0.880. The van der Waals surface area contributed by atoms with Crippen molar-refractivity contribution < 1.29 is 18.3 Å². The molecule has 4 nitrogen and oxygen atoms in total. The predicted octanol–water partition coefficient (Wildman–Crippen LogP) is 1.68. The average molecular weight is 282 g/mol. The predicted molar refractivity (Wildman–Crippen MR) is 72.9 cm³/mol. The van der Waals surface area contributed by atoms with Crippen molar-refractivity contribution in [3.05, 3.63) is 35.4 Å². The first-order valence-corrected chi connectivity index (χ1v) is 8.21. The normalized spacial score (nSPS) is 17.1. The molecule has 1 aromatic rings. The second-order valence-electron chi connectivity index (χ2n) is 5.19. The summed E-state index contributed by atoms with van der Waals surface area (Å²) in [5, 5.41) is 9.51. The quantitative estimate of drug-likeness (QED) is 0.892. The van der Waals surface area contributed by atoms with Gasteiger partial charge in [-0.25, -0.2) is 8.42 Å². The molecule has 1 aromatic carbocycles. The lowest BCUT2D eigenvalue weighted by atomic mass is 9.82. The highest BCUT2D eigenvalue weighted by atomic mass is 32.2. The molecular formula is C14H18O4S. The number of aliphatic carboxylic acids is 1. The summed E-state index contributed by atoms with van der Waals surface area (Å²) in [7, 11) is -3.13. The van der Waals surface area contributed by atoms with Crippen LogP contribution < -0.4 is 0 Å². The fourth-order valence-corrected chi connectivity index (χ4v) is 3.61. The number of hydrogen-bond donors (Lipinski definition) is 1. The van der Waals surface area contributed by atoms with Crippen molar-refractivity contribution in [1.29, 1.82) is 0 Å². The Hall–Kier alpha value is -1.36. The molecule has 0 radical (unpaired) electrons. The highest BCUT2D eigenvalue weighted by Crippen LogP contribution is 2.40. The lowest BCUT2D eigenvalue weighted by Crippen LogP contribution is -2.34. The molecule has 0 spiro atoms. The summed E-state index contributed by atoms with van der Waals surface area (Å²) in [6.45, 7) is 1.59. The number of benzene rings is 1. The van der Waals surface area contributed by atoms with Gasteiger partial charge in [-0.2, -0.15) is 0 Å². The fourth-order valence-electron chi connectivity index (χ4n) is 2.62. The Kier molecular flexibility index (Phi) is 3.67. The summed E-state index contributed by atoms with van der Waals surface area (Å²) in [4.78, 5) is 11.6. The van der Waals surface area contributed by atoms with Crippen molar-refractivity contribution in [3.8, 4) is 0 Å². The third kappa shape index (κ3) is 2.81. The van der Waals surface area contributed by atoms with E-state index in [2.05, 4.69) is 0 Å². The van der Waals surface area contributed by atoms with Gasteiger partial charge in [-0.3, -0.25) is 4.79 Å². The molecular weight excluding hydrogens is 264 g/mol. The van der Waals surface area contributed by atoms with E-state index in [1.54, 1.807) is 6.92 Å². The number of carboxylic acid groups (broad SMARTS) is 1. The molecule has 0 aromatic heterocycles. The minimum Gasteiger partial charge on any atom is -0.481 e. The van der Waals surface area contributed by atoms with Gasteiger partial charge in [-0.05, 0) is 30.4 Å². The summed E-state index contributed by atoms with van der Waals surface area (Å²) in [5.41, 5.74) is 1.10. The van der Waals surface area contributed by atoms with Crippen molar-refractivity contribution in [2.45, 2.75) is 26.2 Å². The molecule has 1 aliphatic rings. The van der Waals surface area contributed by atoms with Gasteiger partial charge >= 0.3 is 5.97 Å². The van der Waals surface area contributed by atoms with E-state index in [9.17, 15) is 18.3 Å². The van der Waals surface area contributed by atoms with E-state index < -0.39 is 21.2 Å². The van der Waals surface area contributed by atoms with E-state index in [4.69, 9.17) is 0 Å². The first kappa shape index (κ1) is 14.1. The van der Waals surface area contributed by atoms with Crippen LogP contribution in [-0.4, -0.2) is 31.0 Å². The van der Waals surface area contributed by atoms with Crippen LogP contribution in [0.15, 0.2) is 24.3 Å². The summed E-state index contributed by atoms with van der Waals surface area (Å²) in [6.07, 6.45) is 1.04. The maximum atomic E-state index is 11.6. The number of sulfone groups is 1. The molecule has 0 heterocycles. The van der Waals surface area contributed by atoms with Crippen molar-refractivity contribution in [2.75, 3.05) is 11.5 Å². The van der Waals surface area contributed by atoms with Crippen LogP contribution in [0.1, 0.15) is 24.5 Å². The number of carbonyl (C=O) groups is 1. The first-order chi connectivity index (χ1) is 8.88. The molecule has 0 saturated carbocycles. The van der Waals surface area contributed by atoms with E-state index in [0.29, 0.717) is 12.8 Å². The maximum Gasteiger partial charge on any atom is 0.310 e. The van der Waals surface area contributed by atoms with Gasteiger partial charge < -0.3 is 5.11 Å². The number of carboxylic acids is 1. The highest BCUT2D eigenvalue weighted by Gasteiger charge is 2.44. The van der Waals surface area contributed by atoms with Gasteiger partial charge in [0.15, 0.2) is 0 Å². The summed E-state index contributed by atoms with van der Waals surface area (Å²) >= 11 is 0. The zero-order chi connectivity index (χ0) is 14.1. The minimum absolute atomic E-state index is 0.0518. The van der Waals surface area contributed by atoms with Crippen LogP contribution in [0.2, 0.25) is 0 Å². The van der Waals surface area contributed by atoms with Crippen LogP contribution >= 0.6 is 0 Å². The lowest BCUT2D eigenvalue weighted by Gasteiger charge is -2.23. The second kappa shape index (κ2) is 4.96. The van der Waals surface area contributed by atoms with E-state index in [0.717, 1.165) is 11.1 Å². The molecule has 0 bridgehead atoms. The topological polar surface area (TPSA) is 71.4 Å². The van der Waals surface area contributed by atoms with Gasteiger partial charge in [-0.15, -0.1) is 0 Å². The van der Waals surface area contributed by atoms with Crippen LogP contribution in [0.25, 0.3) is 0 Å². The minimum atomic E-state index is -3.13. The molecule has 1 aliphatic carbocycles. The van der Waals surface area contributed by atoms with Crippen molar-refractivity contribution in [2.24, 2.45) is 5.41 Å². The average Bonchev–Trinajstić information content (AvgIpc) is 2.76. The van der Waals surface area contributed by atoms with Gasteiger partial charge in [0.2, 0.25) is 0 Å². The van der Waals surface area contributed by atoms with E-state index in [1.165, 1.54) is 0 Å². The van der Waals surface area contributed by atoms with E-state index >= 15 is 0 Å². The molecule has 0 fully saturated rings. The summed E-state index contributed by atoms with van der Waals surface area (Å²) in [6, 6.07) is 7.63. The molecule has 104 valence electrons. The Morgan fingerprint density at radius 3 is 2.21 bits per heavy atom. The Balaban J connectivity index is 2.22. The van der Waals surface area contributed by atoms with Gasteiger partial charge in [0.05, 0.1) is 11.2 Å². The van der Waals surface area contributed by atoms with Crippen LogP contribution in [0, 0.1) is 5.41 Å². The molecule has 1 N–H and O–H groups in total. The SMILES string of the molecule is CCS(=O)(=O)CCC1(C(=O)O)Cc2ccccc2C1. The third-order valence-electron chi connectivity index (χ3n) is 3.96. The zero-order valence-electron chi connectivity index (χ0n) is 10.9. The number of rotatable bonds is 5. The van der Waals surface area contributed by atoms with Crippen LogP contribution in [-0.2, 0) is 27.5 Å². The lowest BCUT2D eigenvalue weighted by molar-refractivity contribution is -0.148. The summed E-state index contributed by atoms with van der Waals surface area (Å²) < 4.78 is 23.2. The monoisotopic (exact) mass is 282 g/mol. The molecule has 0 unspecified atom stereocenters. The van der Waals surface area contributed by atoms with Crippen LogP contribution in [0.4, 0.5) is 0 Å². The Bertz CT molecular complexity index is 564. The molecule has 0 saturated heterocycles. The molecule has 0 atom stereocenters. The van der Waals surface area contributed by atoms with Gasteiger partial charge in [0.25, 0.3) is 0 Å². The molecule has 0 amide bonds. The standard InChI is InChI=1S/C14H18O4S/c1-2-19(17,18)8-7-14(13(15)16)9-11-5-3-4-6-12(11)10-14/h3-6H,2,7-10H2,1H3,(H,15,16). The highest BCUT2D eigenvalue weighted by molar-refractivity contribution is 7.91. The first-order valence-electron chi connectivity index (χ1n) is 6.39. The second-order valence-corrected chi connectivity index (χ2v) is 7.67. The van der Waals surface area contributed by atoms with Gasteiger partial charge in [-0.1, -0.05) is 31.2 Å². The zero-order valence-corrected chi connectivity index (χ0v) is 11.7. The van der Waals surface area contributed by atoms with Crippen molar-refractivity contribution >= 4 is 15.8 Å². The van der Waals surface area contributed by atoms with Gasteiger partial charge in [0.1, 0.15) is 9.84 Å². The molecule has 5 heteroatoms. The Morgan fingerprint density at radius 1 is 1.26 bits per heavy atom. The fraction of sp³-hybridized carbons (Fsp3) is 0.500. The van der Waals surface area contributed by atoms with E-state index in [-0.39, 0.29) is 17.9 Å². The Labute approximate surface area is 113 Å². The maximum absolute atomic E-state index is 11.6. The number of fused-ring (bicyclic) bond motifs is 1. The smallest absolute Gasteiger partial charge is 0.310 e. The van der Waals surface area contributed by atoms with Gasteiger partial charge in [0, 0.05) is 5.75 Å². The number of hydrogen-bond acceptors (Lipinski definition) is 3. The van der Waals surface area contributed by atoms with Crippen molar-refractivity contribution in [3.63, 3.8) is 0 Å².